The number of nitrogens with one attached hydrogen (secondary N) is 2. The van der Waals surface area contributed by atoms with Gasteiger partial charge in [-0.25, -0.2) is 4.98 Å². The van der Waals surface area contributed by atoms with Crippen molar-refractivity contribution in [3.8, 4) is 5.75 Å². The van der Waals surface area contributed by atoms with Gasteiger partial charge in [0.1, 0.15) is 12.3 Å². The van der Waals surface area contributed by atoms with Crippen molar-refractivity contribution >= 4 is 28.3 Å². The second kappa shape index (κ2) is 10.0. The van der Waals surface area contributed by atoms with Crippen LogP contribution in [0.2, 0.25) is 0 Å². The second-order valence-corrected chi connectivity index (χ2v) is 7.79. The lowest BCUT2D eigenvalue weighted by atomic mass is 10.3. The first-order chi connectivity index (χ1) is 12.8. The molecule has 1 heterocycles. The van der Waals surface area contributed by atoms with E-state index in [1.165, 1.54) is 21.1 Å². The molecular weight excluding hydrogens is 364 g/mol. The van der Waals surface area contributed by atoms with Crippen LogP contribution in [0.4, 0.5) is 5.13 Å². The van der Waals surface area contributed by atoms with Crippen molar-refractivity contribution in [3.05, 3.63) is 40.9 Å². The Kier molecular flexibility index (Phi) is 7.75. The summed E-state index contributed by atoms with van der Waals surface area (Å²) in [5.74, 6) is 0.148. The SMILES string of the molecule is Cc1nc(NC(=O)CN(CC[NH+](C)C)C(=O)COc2ccccc2)sc1C. The number of rotatable bonds is 9. The van der Waals surface area contributed by atoms with Gasteiger partial charge in [-0.1, -0.05) is 18.2 Å². The molecule has 0 radical (unpaired) electrons. The first-order valence-corrected chi connectivity index (χ1v) is 9.65. The third-order valence-corrected chi connectivity index (χ3v) is 4.94. The van der Waals surface area contributed by atoms with E-state index in [-0.39, 0.29) is 25.0 Å². The lowest BCUT2D eigenvalue weighted by molar-refractivity contribution is -0.857. The topological polar surface area (TPSA) is 76.0 Å². The maximum atomic E-state index is 12.6. The van der Waals surface area contributed by atoms with Crippen molar-refractivity contribution in [2.75, 3.05) is 45.7 Å². The molecule has 0 saturated heterocycles. The predicted molar refractivity (Wildman–Crippen MR) is 106 cm³/mol. The third-order valence-electron chi connectivity index (χ3n) is 3.95. The molecule has 0 aliphatic rings. The summed E-state index contributed by atoms with van der Waals surface area (Å²) in [6.45, 7) is 4.94. The standard InChI is InChI=1S/C19H26N4O3S/c1-14-15(2)27-19(20-14)21-17(24)12-23(11-10-22(3)4)18(25)13-26-16-8-6-5-7-9-16/h5-9H,10-13H2,1-4H3,(H,20,21,24)/p+1. The van der Waals surface area contributed by atoms with Crippen LogP contribution in [0.1, 0.15) is 10.6 Å². The fourth-order valence-corrected chi connectivity index (χ4v) is 3.09. The maximum absolute atomic E-state index is 12.6. The molecule has 146 valence electrons. The minimum absolute atomic E-state index is 0.0259. The zero-order chi connectivity index (χ0) is 19.8. The second-order valence-electron chi connectivity index (χ2n) is 6.58. The van der Waals surface area contributed by atoms with Gasteiger partial charge in [0.25, 0.3) is 5.91 Å². The highest BCUT2D eigenvalue weighted by Crippen LogP contribution is 2.20. The van der Waals surface area contributed by atoms with Crippen molar-refractivity contribution in [2.45, 2.75) is 13.8 Å². The summed E-state index contributed by atoms with van der Waals surface area (Å²) >= 11 is 1.43. The number of aromatic nitrogens is 1. The first kappa shape index (κ1) is 20.9. The number of benzene rings is 1. The number of carbonyl (C=O) groups excluding carboxylic acids is 2. The van der Waals surface area contributed by atoms with Crippen LogP contribution in [-0.2, 0) is 9.59 Å². The van der Waals surface area contributed by atoms with E-state index < -0.39 is 0 Å². The molecule has 2 amide bonds. The number of hydrogen-bond acceptors (Lipinski definition) is 5. The van der Waals surface area contributed by atoms with Crippen LogP contribution in [0.5, 0.6) is 5.75 Å². The van der Waals surface area contributed by atoms with E-state index in [1.807, 2.05) is 46.1 Å². The highest BCUT2D eigenvalue weighted by molar-refractivity contribution is 7.15. The maximum Gasteiger partial charge on any atom is 0.261 e. The Labute approximate surface area is 164 Å². The summed E-state index contributed by atoms with van der Waals surface area (Å²) < 4.78 is 5.53. The minimum Gasteiger partial charge on any atom is -0.484 e. The van der Waals surface area contributed by atoms with Crippen molar-refractivity contribution < 1.29 is 19.2 Å². The molecule has 0 fully saturated rings. The van der Waals surface area contributed by atoms with Gasteiger partial charge in [-0.3, -0.25) is 9.59 Å². The fraction of sp³-hybridized carbons (Fsp3) is 0.421. The average Bonchev–Trinajstić information content (AvgIpc) is 2.94. The molecule has 2 rings (SSSR count). The van der Waals surface area contributed by atoms with E-state index in [2.05, 4.69) is 10.3 Å². The molecule has 1 aromatic carbocycles. The van der Waals surface area contributed by atoms with Gasteiger partial charge in [-0.2, -0.15) is 0 Å². The Morgan fingerprint density at radius 3 is 2.52 bits per heavy atom. The number of aryl methyl sites for hydroxylation is 2. The van der Waals surface area contributed by atoms with E-state index in [0.29, 0.717) is 17.4 Å². The number of carbonyl (C=O) groups is 2. The molecule has 0 saturated carbocycles. The van der Waals surface area contributed by atoms with Crippen molar-refractivity contribution in [1.82, 2.24) is 9.88 Å². The molecule has 0 aliphatic heterocycles. The van der Waals surface area contributed by atoms with Gasteiger partial charge < -0.3 is 19.9 Å². The molecule has 27 heavy (non-hydrogen) atoms. The lowest BCUT2D eigenvalue weighted by Gasteiger charge is -2.22. The zero-order valence-electron chi connectivity index (χ0n) is 16.2. The Hall–Kier alpha value is -2.45. The fourth-order valence-electron chi connectivity index (χ4n) is 2.26. The zero-order valence-corrected chi connectivity index (χ0v) is 17.1. The van der Waals surface area contributed by atoms with Gasteiger partial charge in [0.2, 0.25) is 5.91 Å². The van der Waals surface area contributed by atoms with E-state index in [9.17, 15) is 9.59 Å². The number of ether oxygens (including phenoxy) is 1. The van der Waals surface area contributed by atoms with Gasteiger partial charge in [0.15, 0.2) is 11.7 Å². The first-order valence-electron chi connectivity index (χ1n) is 8.83. The molecule has 8 heteroatoms. The number of hydrogen-bond donors (Lipinski definition) is 2. The van der Waals surface area contributed by atoms with Crippen molar-refractivity contribution in [2.24, 2.45) is 0 Å². The van der Waals surface area contributed by atoms with Crippen LogP contribution >= 0.6 is 11.3 Å². The quantitative estimate of drug-likeness (QED) is 0.662. The molecule has 2 N–H and O–H groups in total. The highest BCUT2D eigenvalue weighted by atomic mass is 32.1. The van der Waals surface area contributed by atoms with Gasteiger partial charge in [0.05, 0.1) is 32.9 Å². The van der Waals surface area contributed by atoms with Crippen LogP contribution < -0.4 is 15.0 Å². The van der Waals surface area contributed by atoms with Crippen LogP contribution in [0.15, 0.2) is 30.3 Å². The Morgan fingerprint density at radius 1 is 1.22 bits per heavy atom. The molecule has 0 bridgehead atoms. The Balaban J connectivity index is 1.95. The van der Waals surface area contributed by atoms with Crippen LogP contribution in [0.3, 0.4) is 0 Å². The number of amides is 2. The van der Waals surface area contributed by atoms with E-state index >= 15 is 0 Å². The molecule has 0 spiro atoms. The Bertz CT molecular complexity index is 742. The van der Waals surface area contributed by atoms with E-state index in [4.69, 9.17) is 4.74 Å². The smallest absolute Gasteiger partial charge is 0.261 e. The van der Waals surface area contributed by atoms with E-state index in [0.717, 1.165) is 17.1 Å². The molecule has 1 aromatic heterocycles. The largest absolute Gasteiger partial charge is 0.484 e. The number of para-hydroxylation sites is 1. The van der Waals surface area contributed by atoms with Gasteiger partial charge in [-0.15, -0.1) is 11.3 Å². The number of thiazole rings is 1. The molecular formula is C19H27N4O3S+. The normalized spacial score (nSPS) is 10.7. The average molecular weight is 392 g/mol. The van der Waals surface area contributed by atoms with Gasteiger partial charge in [-0.05, 0) is 26.0 Å². The summed E-state index contributed by atoms with van der Waals surface area (Å²) in [5, 5.41) is 3.33. The van der Waals surface area contributed by atoms with Crippen molar-refractivity contribution in [1.29, 1.82) is 0 Å². The number of nitrogens with zero attached hydrogens (tertiary/aromatic N) is 2. The molecule has 0 aliphatic carbocycles. The third kappa shape index (κ3) is 6.99. The summed E-state index contributed by atoms with van der Waals surface area (Å²) in [7, 11) is 4.01. The summed E-state index contributed by atoms with van der Waals surface area (Å²) in [6, 6.07) is 9.16. The van der Waals surface area contributed by atoms with Crippen LogP contribution in [0, 0.1) is 13.8 Å². The monoisotopic (exact) mass is 391 g/mol. The number of likely N-dealkylation sites (N-methyl/N-ethyl adjacent to an activating group) is 1. The van der Waals surface area contributed by atoms with Crippen LogP contribution in [0.25, 0.3) is 0 Å². The van der Waals surface area contributed by atoms with Crippen molar-refractivity contribution in [3.63, 3.8) is 0 Å². The van der Waals surface area contributed by atoms with Gasteiger partial charge >= 0.3 is 0 Å². The Morgan fingerprint density at radius 2 is 1.93 bits per heavy atom. The van der Waals surface area contributed by atoms with Crippen LogP contribution in [-0.4, -0.2) is 62.0 Å². The molecule has 0 atom stereocenters. The molecule has 2 aromatic rings. The number of anilines is 1. The predicted octanol–water partition coefficient (Wildman–Crippen LogP) is 0.751. The van der Waals surface area contributed by atoms with E-state index in [1.54, 1.807) is 12.1 Å². The number of quaternary nitrogens is 1. The highest BCUT2D eigenvalue weighted by Gasteiger charge is 2.19. The summed E-state index contributed by atoms with van der Waals surface area (Å²) in [6.07, 6.45) is 0. The van der Waals surface area contributed by atoms with Gasteiger partial charge in [0, 0.05) is 4.88 Å². The minimum atomic E-state index is -0.259. The molecule has 0 unspecified atom stereocenters. The molecule has 7 nitrogen and oxygen atoms in total. The summed E-state index contributed by atoms with van der Waals surface area (Å²) in [5.41, 5.74) is 0.899. The lowest BCUT2D eigenvalue weighted by Crippen LogP contribution is -3.06. The summed E-state index contributed by atoms with van der Waals surface area (Å²) in [4.78, 5) is 33.0.